The van der Waals surface area contributed by atoms with Gasteiger partial charge < -0.3 is 18.9 Å². The van der Waals surface area contributed by atoms with Crippen LogP contribution in [0.3, 0.4) is 0 Å². The molecule has 0 unspecified atom stereocenters. The Hall–Kier alpha value is -3.42. The molecule has 2 amide bonds. The quantitative estimate of drug-likeness (QED) is 0.686. The lowest BCUT2D eigenvalue weighted by molar-refractivity contribution is 0.0357. The number of rotatable bonds is 5. The summed E-state index contributed by atoms with van der Waals surface area (Å²) in [6, 6.07) is 6.71. The first-order chi connectivity index (χ1) is 15.6. The predicted octanol–water partition coefficient (Wildman–Crippen LogP) is 3.93. The van der Waals surface area contributed by atoms with Crippen LogP contribution in [-0.4, -0.2) is 49.8 Å². The Kier molecular flexibility index (Phi) is 7.05. The summed E-state index contributed by atoms with van der Waals surface area (Å²) < 4.78 is 22.2. The molecule has 3 rings (SSSR count). The number of amides is 2. The number of hydrogen-bond acceptors (Lipinski definition) is 6. The van der Waals surface area contributed by atoms with Crippen molar-refractivity contribution in [3.8, 4) is 23.0 Å². The summed E-state index contributed by atoms with van der Waals surface area (Å²) in [5, 5.41) is 1.33. The molecule has 178 valence electrons. The maximum Gasteiger partial charge on any atom is 0.273 e. The maximum absolute atomic E-state index is 13.5. The van der Waals surface area contributed by atoms with Crippen LogP contribution in [0.2, 0.25) is 0 Å². The summed E-state index contributed by atoms with van der Waals surface area (Å²) >= 11 is 0. The number of fused-ring (bicyclic) bond motifs is 1. The second kappa shape index (κ2) is 9.60. The third-order valence-corrected chi connectivity index (χ3v) is 5.50. The van der Waals surface area contributed by atoms with Crippen molar-refractivity contribution in [2.24, 2.45) is 0 Å². The zero-order valence-electron chi connectivity index (χ0n) is 20.3. The van der Waals surface area contributed by atoms with Crippen molar-refractivity contribution < 1.29 is 28.5 Å². The molecule has 0 aliphatic carbocycles. The number of carbonyl (C=O) groups excluding carboxylic acids is 2. The van der Waals surface area contributed by atoms with E-state index in [0.717, 1.165) is 11.1 Å². The summed E-state index contributed by atoms with van der Waals surface area (Å²) in [5.41, 5.74) is 4.39. The van der Waals surface area contributed by atoms with Crippen LogP contribution in [0.5, 0.6) is 23.0 Å². The molecule has 1 heterocycles. The standard InChI is InChI=1S/C25H32N2O6/c1-8-17-18(9-10-19-22(17)33-12-11-32-19)23(28)26-27(25(3,4)5)24(29)16-13-20(30-6)15(2)21(14-16)31-7/h9-10,13-14H,8,11-12H2,1-7H3,(H,26,28). The highest BCUT2D eigenvalue weighted by molar-refractivity contribution is 6.01. The van der Waals surface area contributed by atoms with Gasteiger partial charge in [-0.1, -0.05) is 6.92 Å². The highest BCUT2D eigenvalue weighted by Crippen LogP contribution is 2.36. The van der Waals surface area contributed by atoms with Crippen LogP contribution in [0.4, 0.5) is 0 Å². The van der Waals surface area contributed by atoms with Gasteiger partial charge in [-0.3, -0.25) is 15.0 Å². The molecule has 0 aromatic heterocycles. The number of carbonyl (C=O) groups is 2. The molecule has 0 fully saturated rings. The van der Waals surface area contributed by atoms with E-state index in [1.807, 2.05) is 34.6 Å². The Labute approximate surface area is 194 Å². The second-order valence-electron chi connectivity index (χ2n) is 8.73. The van der Waals surface area contributed by atoms with E-state index in [0.29, 0.717) is 53.8 Å². The molecular formula is C25H32N2O6. The first-order valence-corrected chi connectivity index (χ1v) is 10.9. The molecule has 1 aliphatic rings. The number of ether oxygens (including phenoxy) is 4. The molecule has 8 heteroatoms. The summed E-state index contributed by atoms with van der Waals surface area (Å²) in [6.45, 7) is 10.2. The van der Waals surface area contributed by atoms with Gasteiger partial charge in [0.2, 0.25) is 0 Å². The van der Waals surface area contributed by atoms with E-state index >= 15 is 0 Å². The fourth-order valence-corrected chi connectivity index (χ4v) is 3.76. The molecule has 0 spiro atoms. The van der Waals surface area contributed by atoms with Crippen molar-refractivity contribution in [1.29, 1.82) is 0 Å². The summed E-state index contributed by atoms with van der Waals surface area (Å²) in [4.78, 5) is 26.9. The van der Waals surface area contributed by atoms with Gasteiger partial charge in [0.15, 0.2) is 11.5 Å². The van der Waals surface area contributed by atoms with Crippen LogP contribution in [0.25, 0.3) is 0 Å². The summed E-state index contributed by atoms with van der Waals surface area (Å²) in [7, 11) is 3.07. The van der Waals surface area contributed by atoms with Crippen LogP contribution in [-0.2, 0) is 6.42 Å². The summed E-state index contributed by atoms with van der Waals surface area (Å²) in [6.07, 6.45) is 0.575. The molecule has 0 saturated heterocycles. The zero-order chi connectivity index (χ0) is 24.3. The van der Waals surface area contributed by atoms with Gasteiger partial charge in [-0.25, -0.2) is 5.01 Å². The normalized spacial score (nSPS) is 12.7. The van der Waals surface area contributed by atoms with Gasteiger partial charge in [0, 0.05) is 22.3 Å². The molecule has 2 aromatic carbocycles. The van der Waals surface area contributed by atoms with Crippen LogP contribution < -0.4 is 24.4 Å². The van der Waals surface area contributed by atoms with E-state index in [2.05, 4.69) is 5.43 Å². The van der Waals surface area contributed by atoms with Gasteiger partial charge in [0.1, 0.15) is 24.7 Å². The Morgan fingerprint density at radius 3 is 2.21 bits per heavy atom. The second-order valence-corrected chi connectivity index (χ2v) is 8.73. The Morgan fingerprint density at radius 1 is 1.06 bits per heavy atom. The Balaban J connectivity index is 1.97. The average Bonchev–Trinajstić information content (AvgIpc) is 2.80. The first kappa shape index (κ1) is 24.2. The fraction of sp³-hybridized carbons (Fsp3) is 0.440. The first-order valence-electron chi connectivity index (χ1n) is 10.9. The number of hydrazine groups is 1. The predicted molar refractivity (Wildman–Crippen MR) is 124 cm³/mol. The van der Waals surface area contributed by atoms with E-state index in [4.69, 9.17) is 18.9 Å². The lowest BCUT2D eigenvalue weighted by Crippen LogP contribution is -2.56. The largest absolute Gasteiger partial charge is 0.496 e. The smallest absolute Gasteiger partial charge is 0.273 e. The van der Waals surface area contributed by atoms with Crippen molar-refractivity contribution in [3.05, 3.63) is 46.5 Å². The molecule has 33 heavy (non-hydrogen) atoms. The van der Waals surface area contributed by atoms with Crippen molar-refractivity contribution in [2.75, 3.05) is 27.4 Å². The molecule has 8 nitrogen and oxygen atoms in total. The molecule has 2 aromatic rings. The van der Waals surface area contributed by atoms with Crippen molar-refractivity contribution in [3.63, 3.8) is 0 Å². The Morgan fingerprint density at radius 2 is 1.67 bits per heavy atom. The van der Waals surface area contributed by atoms with Crippen LogP contribution >= 0.6 is 0 Å². The highest BCUT2D eigenvalue weighted by Gasteiger charge is 2.32. The number of nitrogens with one attached hydrogen (secondary N) is 1. The van der Waals surface area contributed by atoms with E-state index in [1.165, 1.54) is 19.2 Å². The monoisotopic (exact) mass is 456 g/mol. The molecule has 1 N–H and O–H groups in total. The SMILES string of the molecule is CCc1c(C(=O)NN(C(=O)c2cc(OC)c(C)c(OC)c2)C(C)(C)C)ccc2c1OCCO2. The average molecular weight is 457 g/mol. The molecular weight excluding hydrogens is 424 g/mol. The van der Waals surface area contributed by atoms with Gasteiger partial charge in [0.05, 0.1) is 19.8 Å². The van der Waals surface area contributed by atoms with Gasteiger partial charge in [0.25, 0.3) is 11.8 Å². The van der Waals surface area contributed by atoms with E-state index in [-0.39, 0.29) is 5.91 Å². The van der Waals surface area contributed by atoms with Crippen molar-refractivity contribution >= 4 is 11.8 Å². The van der Waals surface area contributed by atoms with Gasteiger partial charge in [-0.2, -0.15) is 0 Å². The lowest BCUT2D eigenvalue weighted by atomic mass is 10.0. The molecule has 1 aliphatic heterocycles. The molecule has 0 atom stereocenters. The van der Waals surface area contributed by atoms with Crippen LogP contribution in [0.15, 0.2) is 24.3 Å². The van der Waals surface area contributed by atoms with E-state index in [1.54, 1.807) is 24.3 Å². The minimum Gasteiger partial charge on any atom is -0.496 e. The lowest BCUT2D eigenvalue weighted by Gasteiger charge is -2.36. The van der Waals surface area contributed by atoms with Gasteiger partial charge in [-0.15, -0.1) is 0 Å². The number of benzene rings is 2. The topological polar surface area (TPSA) is 86.3 Å². The fourth-order valence-electron chi connectivity index (χ4n) is 3.76. The van der Waals surface area contributed by atoms with E-state index in [9.17, 15) is 9.59 Å². The number of methoxy groups -OCH3 is 2. The van der Waals surface area contributed by atoms with Crippen molar-refractivity contribution in [1.82, 2.24) is 10.4 Å². The van der Waals surface area contributed by atoms with Crippen molar-refractivity contribution in [2.45, 2.75) is 46.6 Å². The van der Waals surface area contributed by atoms with Gasteiger partial charge >= 0.3 is 0 Å². The minimum absolute atomic E-state index is 0.336. The van der Waals surface area contributed by atoms with Crippen LogP contribution in [0, 0.1) is 6.92 Å². The third kappa shape index (κ3) is 4.84. The maximum atomic E-state index is 13.5. The minimum atomic E-state index is -0.710. The summed E-state index contributed by atoms with van der Waals surface area (Å²) in [5.74, 6) is 1.47. The molecule has 0 bridgehead atoms. The molecule has 0 saturated carbocycles. The number of hydrogen-bond donors (Lipinski definition) is 1. The Bertz CT molecular complexity index is 1030. The van der Waals surface area contributed by atoms with Gasteiger partial charge in [-0.05, 0) is 58.4 Å². The highest BCUT2D eigenvalue weighted by atomic mass is 16.6. The molecule has 0 radical (unpaired) electrons. The van der Waals surface area contributed by atoms with E-state index < -0.39 is 11.4 Å². The number of nitrogens with zero attached hydrogens (tertiary/aromatic N) is 1. The third-order valence-electron chi connectivity index (χ3n) is 5.50. The zero-order valence-corrected chi connectivity index (χ0v) is 20.3. The van der Waals surface area contributed by atoms with Crippen LogP contribution in [0.1, 0.15) is 59.5 Å².